The molecule has 6 nitrogen and oxygen atoms in total. The Morgan fingerprint density at radius 3 is 2.34 bits per heavy atom. The number of para-hydroxylation sites is 2. The van der Waals surface area contributed by atoms with Crippen molar-refractivity contribution in [1.29, 1.82) is 0 Å². The Balaban J connectivity index is 1.44. The number of aromatic nitrogens is 2. The van der Waals surface area contributed by atoms with Crippen LogP contribution in [0.15, 0.2) is 89.8 Å². The highest BCUT2D eigenvalue weighted by Crippen LogP contribution is 2.43. The summed E-state index contributed by atoms with van der Waals surface area (Å²) in [6.45, 7) is 0.357. The predicted octanol–water partition coefficient (Wildman–Crippen LogP) is 4.12. The molecule has 29 heavy (non-hydrogen) atoms. The summed E-state index contributed by atoms with van der Waals surface area (Å²) in [5.41, 5.74) is 1.72. The number of fused-ring (bicyclic) bond motifs is 2. The van der Waals surface area contributed by atoms with E-state index in [4.69, 9.17) is 9.15 Å². The Kier molecular flexibility index (Phi) is 4.37. The van der Waals surface area contributed by atoms with Gasteiger partial charge in [-0.15, -0.1) is 0 Å². The van der Waals surface area contributed by atoms with Gasteiger partial charge < -0.3 is 14.5 Å². The normalized spacial score (nSPS) is 13.8. The van der Waals surface area contributed by atoms with E-state index in [0.717, 1.165) is 16.9 Å². The lowest BCUT2D eigenvalue weighted by Crippen LogP contribution is -2.36. The van der Waals surface area contributed by atoms with E-state index in [9.17, 15) is 4.79 Å². The van der Waals surface area contributed by atoms with Gasteiger partial charge >= 0.3 is 0 Å². The molecule has 0 spiro atoms. The van der Waals surface area contributed by atoms with Crippen molar-refractivity contribution in [3.05, 3.63) is 102 Å². The molecule has 2 aromatic carbocycles. The summed E-state index contributed by atoms with van der Waals surface area (Å²) in [5.74, 6) is 1.63. The van der Waals surface area contributed by atoms with Crippen molar-refractivity contribution in [1.82, 2.24) is 15.1 Å². The number of carbonyl (C=O) groups excluding carboxylic acids is 1. The van der Waals surface area contributed by atoms with Crippen LogP contribution in [-0.2, 0) is 4.79 Å². The molecule has 0 saturated carbocycles. The van der Waals surface area contributed by atoms with Crippen molar-refractivity contribution in [2.45, 2.75) is 12.0 Å². The molecule has 6 heteroatoms. The number of ether oxygens (including phenoxy) is 1. The lowest BCUT2D eigenvalue weighted by molar-refractivity contribution is -0.121. The molecule has 1 N–H and O–H groups in total. The molecule has 1 unspecified atom stereocenters. The molecule has 4 aromatic rings. The average Bonchev–Trinajstić information content (AvgIpc) is 3.47. The third kappa shape index (κ3) is 3.18. The zero-order valence-corrected chi connectivity index (χ0v) is 15.6. The lowest BCUT2D eigenvalue weighted by atomic mass is 9.87. The molecule has 0 bridgehead atoms. The first-order chi connectivity index (χ1) is 14.3. The minimum atomic E-state index is -0.439. The van der Waals surface area contributed by atoms with Gasteiger partial charge in [-0.2, -0.15) is 5.10 Å². The van der Waals surface area contributed by atoms with E-state index in [2.05, 4.69) is 10.4 Å². The number of nitrogens with one attached hydrogen (secondary N) is 1. The summed E-state index contributed by atoms with van der Waals surface area (Å²) in [5, 5.41) is 7.42. The van der Waals surface area contributed by atoms with Gasteiger partial charge in [0.1, 0.15) is 23.3 Å². The topological polar surface area (TPSA) is 69.3 Å². The van der Waals surface area contributed by atoms with Gasteiger partial charge in [0.05, 0.1) is 12.2 Å². The van der Waals surface area contributed by atoms with Crippen LogP contribution >= 0.6 is 0 Å². The maximum atomic E-state index is 13.3. The third-order valence-corrected chi connectivity index (χ3v) is 5.13. The van der Waals surface area contributed by atoms with Gasteiger partial charge in [0.2, 0.25) is 5.91 Å². The first kappa shape index (κ1) is 17.3. The van der Waals surface area contributed by atoms with Gasteiger partial charge in [0, 0.05) is 30.1 Å². The molecule has 3 heterocycles. The smallest absolute Gasteiger partial charge is 0.232 e. The molecule has 0 radical (unpaired) electrons. The molecule has 5 rings (SSSR count). The first-order valence-electron chi connectivity index (χ1n) is 9.47. The van der Waals surface area contributed by atoms with E-state index < -0.39 is 5.92 Å². The summed E-state index contributed by atoms with van der Waals surface area (Å²) >= 11 is 0. The summed E-state index contributed by atoms with van der Waals surface area (Å²) in [7, 11) is 0. The maximum Gasteiger partial charge on any atom is 0.232 e. The molecular formula is C23H19N3O3. The fourth-order valence-corrected chi connectivity index (χ4v) is 3.76. The van der Waals surface area contributed by atoms with Crippen LogP contribution in [0.5, 0.6) is 11.5 Å². The third-order valence-electron chi connectivity index (χ3n) is 5.13. The van der Waals surface area contributed by atoms with Gasteiger partial charge in [0.25, 0.3) is 0 Å². The van der Waals surface area contributed by atoms with Gasteiger partial charge in [-0.1, -0.05) is 36.4 Å². The van der Waals surface area contributed by atoms with Gasteiger partial charge in [-0.3, -0.25) is 9.48 Å². The zero-order valence-electron chi connectivity index (χ0n) is 15.6. The zero-order chi connectivity index (χ0) is 19.6. The summed E-state index contributed by atoms with van der Waals surface area (Å²) in [6.07, 6.45) is 5.19. The van der Waals surface area contributed by atoms with Crippen LogP contribution in [0.2, 0.25) is 0 Å². The predicted molar refractivity (Wildman–Crippen MR) is 107 cm³/mol. The minimum Gasteiger partial charge on any atom is -0.467 e. The molecule has 1 amide bonds. The van der Waals surface area contributed by atoms with Crippen LogP contribution in [-0.4, -0.2) is 22.2 Å². The molecule has 2 aromatic heterocycles. The molecule has 1 aliphatic rings. The van der Waals surface area contributed by atoms with Crippen LogP contribution in [0.1, 0.15) is 28.8 Å². The number of rotatable bonds is 5. The second kappa shape index (κ2) is 7.31. The van der Waals surface area contributed by atoms with Gasteiger partial charge in [0.15, 0.2) is 0 Å². The number of hydrogen-bond acceptors (Lipinski definition) is 4. The van der Waals surface area contributed by atoms with E-state index in [1.807, 2.05) is 72.9 Å². The van der Waals surface area contributed by atoms with Crippen molar-refractivity contribution in [3.63, 3.8) is 0 Å². The maximum absolute atomic E-state index is 13.3. The number of furan rings is 1. The van der Waals surface area contributed by atoms with Crippen LogP contribution in [0.3, 0.4) is 0 Å². The lowest BCUT2D eigenvalue weighted by Gasteiger charge is -2.28. The van der Waals surface area contributed by atoms with Gasteiger partial charge in [-0.05, 0) is 30.3 Å². The average molecular weight is 385 g/mol. The largest absolute Gasteiger partial charge is 0.467 e. The van der Waals surface area contributed by atoms with Gasteiger partial charge in [-0.25, -0.2) is 0 Å². The standard InChI is InChI=1S/C23H19N3O3/c27-23(24-15-18(21-11-5-14-28-21)26-13-6-12-25-26)22-16-7-1-3-9-19(16)29-20-10-4-2-8-17(20)22/h1-14,18,22H,15H2,(H,24,27). The highest BCUT2D eigenvalue weighted by molar-refractivity contribution is 5.89. The van der Waals surface area contributed by atoms with Crippen molar-refractivity contribution in [2.24, 2.45) is 0 Å². The SMILES string of the molecule is O=C(NCC(c1ccco1)n1cccn1)C1c2ccccc2Oc2ccccc21. The quantitative estimate of drug-likeness (QED) is 0.561. The highest BCUT2D eigenvalue weighted by atomic mass is 16.5. The van der Waals surface area contributed by atoms with E-state index in [0.29, 0.717) is 18.0 Å². The van der Waals surface area contributed by atoms with E-state index in [-0.39, 0.29) is 11.9 Å². The fourth-order valence-electron chi connectivity index (χ4n) is 3.76. The van der Waals surface area contributed by atoms with Crippen molar-refractivity contribution in [2.75, 3.05) is 6.54 Å². The monoisotopic (exact) mass is 385 g/mol. The Bertz CT molecular complexity index is 1040. The Morgan fingerprint density at radius 2 is 1.72 bits per heavy atom. The van der Waals surface area contributed by atoms with Crippen LogP contribution < -0.4 is 10.1 Å². The molecule has 144 valence electrons. The highest BCUT2D eigenvalue weighted by Gasteiger charge is 2.32. The summed E-state index contributed by atoms with van der Waals surface area (Å²) in [4.78, 5) is 13.3. The number of nitrogens with zero attached hydrogens (tertiary/aromatic N) is 2. The van der Waals surface area contributed by atoms with E-state index in [1.165, 1.54) is 0 Å². The first-order valence-corrected chi connectivity index (χ1v) is 9.47. The van der Waals surface area contributed by atoms with Crippen LogP contribution in [0.4, 0.5) is 0 Å². The van der Waals surface area contributed by atoms with Crippen LogP contribution in [0.25, 0.3) is 0 Å². The molecule has 0 fully saturated rings. The molecule has 1 atom stereocenters. The Hall–Kier alpha value is -3.80. The molecule has 0 aliphatic carbocycles. The van der Waals surface area contributed by atoms with Crippen molar-refractivity contribution >= 4 is 5.91 Å². The minimum absolute atomic E-state index is 0.0862. The number of hydrogen-bond donors (Lipinski definition) is 1. The fraction of sp³-hybridized carbons (Fsp3) is 0.130. The van der Waals surface area contributed by atoms with Crippen molar-refractivity contribution < 1.29 is 13.9 Å². The second-order valence-corrected chi connectivity index (χ2v) is 6.87. The summed E-state index contributed by atoms with van der Waals surface area (Å²) < 4.78 is 13.4. The number of benzene rings is 2. The number of carbonyl (C=O) groups is 1. The summed E-state index contributed by atoms with van der Waals surface area (Å²) in [6, 6.07) is 20.7. The Morgan fingerprint density at radius 1 is 1.00 bits per heavy atom. The van der Waals surface area contributed by atoms with Crippen LogP contribution in [0, 0.1) is 0 Å². The van der Waals surface area contributed by atoms with E-state index >= 15 is 0 Å². The van der Waals surface area contributed by atoms with Crippen molar-refractivity contribution in [3.8, 4) is 11.5 Å². The molecule has 1 aliphatic heterocycles. The molecule has 0 saturated heterocycles. The van der Waals surface area contributed by atoms with E-state index in [1.54, 1.807) is 17.1 Å². The Labute approximate surface area is 167 Å². The second-order valence-electron chi connectivity index (χ2n) is 6.87. The number of amides is 1. The molecular weight excluding hydrogens is 366 g/mol.